The maximum atomic E-state index is 14.0. The van der Waals surface area contributed by atoms with Crippen molar-refractivity contribution in [2.24, 2.45) is 0 Å². The zero-order chi connectivity index (χ0) is 29.5. The van der Waals surface area contributed by atoms with Crippen LogP contribution in [0.1, 0.15) is 50.4 Å². The molecule has 2 heterocycles. The van der Waals surface area contributed by atoms with Gasteiger partial charge in [-0.05, 0) is 55.0 Å². The van der Waals surface area contributed by atoms with Gasteiger partial charge in [-0.1, -0.05) is 36.4 Å². The number of anilines is 1. The molecule has 41 heavy (non-hydrogen) atoms. The van der Waals surface area contributed by atoms with Crippen molar-refractivity contribution in [2.45, 2.75) is 25.1 Å². The van der Waals surface area contributed by atoms with Crippen LogP contribution in [0.25, 0.3) is 5.69 Å². The van der Waals surface area contributed by atoms with Crippen molar-refractivity contribution in [3.63, 3.8) is 0 Å². The second-order valence-electron chi connectivity index (χ2n) is 9.28. The molecule has 4 aromatic rings. The van der Waals surface area contributed by atoms with Crippen LogP contribution in [-0.4, -0.2) is 45.3 Å². The number of halogens is 4. The van der Waals surface area contributed by atoms with Crippen LogP contribution >= 0.6 is 0 Å². The average molecular weight is 567 g/mol. The second kappa shape index (κ2) is 10.5. The number of likely N-dealkylation sites (N-methyl/N-ethyl adjacent to an activating group) is 1. The van der Waals surface area contributed by atoms with Crippen LogP contribution < -0.4 is 10.2 Å². The summed E-state index contributed by atoms with van der Waals surface area (Å²) in [4.78, 5) is 41.0. The lowest BCUT2D eigenvalue weighted by atomic mass is 9.80. The maximum absolute atomic E-state index is 14.0. The second-order valence-corrected chi connectivity index (χ2v) is 9.28. The van der Waals surface area contributed by atoms with Gasteiger partial charge >= 0.3 is 12.1 Å². The van der Waals surface area contributed by atoms with Crippen molar-refractivity contribution >= 4 is 23.6 Å². The van der Waals surface area contributed by atoms with E-state index in [1.165, 1.54) is 27.8 Å². The number of nitrogens with zero attached hydrogens (tertiary/aromatic N) is 3. The normalized spacial score (nSPS) is 16.8. The van der Waals surface area contributed by atoms with Crippen LogP contribution in [0.15, 0.2) is 78.9 Å². The van der Waals surface area contributed by atoms with E-state index in [-0.39, 0.29) is 23.5 Å². The van der Waals surface area contributed by atoms with E-state index < -0.39 is 53.0 Å². The molecule has 0 spiro atoms. The van der Waals surface area contributed by atoms with Crippen molar-refractivity contribution in [3.05, 3.63) is 113 Å². The number of hydrogen-bond acceptors (Lipinski definition) is 4. The molecule has 2 amide bonds. The molecule has 1 aliphatic heterocycles. The number of aromatic nitrogens is 2. The standard InChI is InChI=1S/C29H22F4N4O4/c1-2-36-26-22(24(28(40)41)35-37(26)20-9-4-3-5-10-20)21(16-11-13-19(30)14-12-16)23(27(36)39)34-25(38)17-7-6-8-18(15-17)29(31,32)33/h3-15,21,23H,2H2,1H3,(H,34,38)(H,40,41). The predicted molar refractivity (Wildman–Crippen MR) is 139 cm³/mol. The summed E-state index contributed by atoms with van der Waals surface area (Å²) in [5.74, 6) is -4.64. The number of carbonyl (C=O) groups is 3. The third-order valence-corrected chi connectivity index (χ3v) is 6.82. The van der Waals surface area contributed by atoms with Gasteiger partial charge in [0, 0.05) is 23.6 Å². The first-order valence-electron chi connectivity index (χ1n) is 12.5. The molecule has 0 saturated heterocycles. The van der Waals surface area contributed by atoms with Gasteiger partial charge < -0.3 is 10.4 Å². The van der Waals surface area contributed by atoms with Crippen molar-refractivity contribution in [3.8, 4) is 5.69 Å². The highest BCUT2D eigenvalue weighted by atomic mass is 19.4. The van der Waals surface area contributed by atoms with Gasteiger partial charge in [-0.15, -0.1) is 0 Å². The predicted octanol–water partition coefficient (Wildman–Crippen LogP) is 5.03. The molecule has 5 rings (SSSR count). The molecule has 0 bridgehead atoms. The van der Waals surface area contributed by atoms with Crippen LogP contribution in [0.3, 0.4) is 0 Å². The fourth-order valence-corrected chi connectivity index (χ4v) is 5.00. The lowest BCUT2D eigenvalue weighted by Crippen LogP contribution is -2.55. The monoisotopic (exact) mass is 566 g/mol. The number of amides is 2. The zero-order valence-corrected chi connectivity index (χ0v) is 21.4. The minimum atomic E-state index is -4.70. The SMILES string of the molecule is CCN1C(=O)C(NC(=O)c2cccc(C(F)(F)F)c2)C(c2ccc(F)cc2)c2c(C(=O)O)nn(-c3ccccc3)c21. The Morgan fingerprint density at radius 3 is 2.29 bits per heavy atom. The minimum Gasteiger partial charge on any atom is -0.476 e. The number of benzene rings is 3. The van der Waals surface area contributed by atoms with E-state index >= 15 is 0 Å². The fraction of sp³-hybridized carbons (Fsp3) is 0.172. The molecule has 3 aromatic carbocycles. The molecule has 1 aromatic heterocycles. The smallest absolute Gasteiger partial charge is 0.416 e. The zero-order valence-electron chi connectivity index (χ0n) is 21.4. The van der Waals surface area contributed by atoms with Crippen LogP contribution in [0.5, 0.6) is 0 Å². The van der Waals surface area contributed by atoms with Gasteiger partial charge in [0.15, 0.2) is 5.69 Å². The van der Waals surface area contributed by atoms with Crippen LogP contribution in [0.2, 0.25) is 0 Å². The lowest BCUT2D eigenvalue weighted by molar-refractivity contribution is -0.137. The number of para-hydroxylation sites is 1. The Hall–Kier alpha value is -5.00. The third kappa shape index (κ3) is 5.04. The number of carbonyl (C=O) groups excluding carboxylic acids is 2. The van der Waals surface area contributed by atoms with Gasteiger partial charge in [-0.3, -0.25) is 14.5 Å². The van der Waals surface area contributed by atoms with E-state index in [2.05, 4.69) is 10.4 Å². The molecule has 0 saturated carbocycles. The van der Waals surface area contributed by atoms with E-state index in [9.17, 15) is 37.1 Å². The quantitative estimate of drug-likeness (QED) is 0.319. The van der Waals surface area contributed by atoms with Gasteiger partial charge in [0.25, 0.3) is 11.8 Å². The Balaban J connectivity index is 1.70. The highest BCUT2D eigenvalue weighted by Gasteiger charge is 2.47. The molecule has 0 aliphatic carbocycles. The van der Waals surface area contributed by atoms with Crippen LogP contribution in [-0.2, 0) is 11.0 Å². The number of nitrogens with one attached hydrogen (secondary N) is 1. The van der Waals surface area contributed by atoms with Gasteiger partial charge in [0.05, 0.1) is 11.3 Å². The van der Waals surface area contributed by atoms with Gasteiger partial charge in [0.1, 0.15) is 17.7 Å². The molecule has 12 heteroatoms. The maximum Gasteiger partial charge on any atom is 0.416 e. The molecular formula is C29H22F4N4O4. The summed E-state index contributed by atoms with van der Waals surface area (Å²) in [6.07, 6.45) is -4.70. The van der Waals surface area contributed by atoms with E-state index in [1.807, 2.05) is 0 Å². The van der Waals surface area contributed by atoms with E-state index in [0.29, 0.717) is 17.3 Å². The number of carboxylic acids is 1. The highest BCUT2D eigenvalue weighted by molar-refractivity contribution is 6.07. The van der Waals surface area contributed by atoms with E-state index in [4.69, 9.17) is 0 Å². The molecule has 8 nitrogen and oxygen atoms in total. The number of carboxylic acid groups (broad SMARTS) is 1. The Labute approximate surface area is 230 Å². The van der Waals surface area contributed by atoms with Gasteiger partial charge in [-0.25, -0.2) is 13.9 Å². The summed E-state index contributed by atoms with van der Waals surface area (Å²) < 4.78 is 55.1. The summed E-state index contributed by atoms with van der Waals surface area (Å²) in [5.41, 5.74) is -0.957. The van der Waals surface area contributed by atoms with Crippen LogP contribution in [0, 0.1) is 5.82 Å². The first kappa shape index (κ1) is 27.6. The number of aromatic carboxylic acids is 1. The van der Waals surface area contributed by atoms with Crippen molar-refractivity contribution in [1.82, 2.24) is 15.1 Å². The molecule has 0 radical (unpaired) electrons. The first-order chi connectivity index (χ1) is 19.5. The molecule has 1 aliphatic rings. The summed E-state index contributed by atoms with van der Waals surface area (Å²) in [6, 6.07) is 15.7. The number of rotatable bonds is 6. The molecule has 0 fully saturated rings. The summed E-state index contributed by atoms with van der Waals surface area (Å²) >= 11 is 0. The number of alkyl halides is 3. The molecule has 2 unspecified atom stereocenters. The fourth-order valence-electron chi connectivity index (χ4n) is 5.00. The average Bonchev–Trinajstić information content (AvgIpc) is 3.34. The third-order valence-electron chi connectivity index (χ3n) is 6.82. The van der Waals surface area contributed by atoms with Crippen LogP contribution in [0.4, 0.5) is 23.4 Å². The topological polar surface area (TPSA) is 105 Å². The molecule has 2 N–H and O–H groups in total. The van der Waals surface area contributed by atoms with E-state index in [1.54, 1.807) is 37.3 Å². The Morgan fingerprint density at radius 2 is 1.68 bits per heavy atom. The lowest BCUT2D eigenvalue weighted by Gasteiger charge is -2.38. The van der Waals surface area contributed by atoms with Gasteiger partial charge in [0.2, 0.25) is 0 Å². The summed E-state index contributed by atoms with van der Waals surface area (Å²) in [7, 11) is 0. The van der Waals surface area contributed by atoms with Gasteiger partial charge in [-0.2, -0.15) is 18.3 Å². The van der Waals surface area contributed by atoms with Crippen molar-refractivity contribution < 1.29 is 37.1 Å². The molecule has 210 valence electrons. The summed E-state index contributed by atoms with van der Waals surface area (Å²) in [6.45, 7) is 1.70. The Bertz CT molecular complexity index is 1640. The van der Waals surface area contributed by atoms with E-state index in [0.717, 1.165) is 24.3 Å². The minimum absolute atomic E-state index is 0.0511. The highest BCUT2D eigenvalue weighted by Crippen LogP contribution is 2.43. The number of fused-ring (bicyclic) bond motifs is 1. The Kier molecular flexibility index (Phi) is 7.08. The Morgan fingerprint density at radius 1 is 1.00 bits per heavy atom. The molecule has 2 atom stereocenters. The summed E-state index contributed by atoms with van der Waals surface area (Å²) in [5, 5.41) is 17.0. The van der Waals surface area contributed by atoms with Crippen molar-refractivity contribution in [1.29, 1.82) is 0 Å². The van der Waals surface area contributed by atoms with Crippen molar-refractivity contribution in [2.75, 3.05) is 11.4 Å². The molecular weight excluding hydrogens is 544 g/mol. The largest absolute Gasteiger partial charge is 0.476 e. The number of hydrogen-bond donors (Lipinski definition) is 2. The first-order valence-corrected chi connectivity index (χ1v) is 12.5.